The quantitative estimate of drug-likeness (QED) is 0.884. The molecule has 0 spiro atoms. The van der Waals surface area contributed by atoms with E-state index in [1.165, 1.54) is 0 Å². The van der Waals surface area contributed by atoms with Crippen LogP contribution in [0.2, 0.25) is 0 Å². The summed E-state index contributed by atoms with van der Waals surface area (Å²) in [5.74, 6) is 0.868. The molecule has 4 heteroatoms. The van der Waals surface area contributed by atoms with Crippen LogP contribution in [0.4, 0.5) is 5.69 Å². The number of anilines is 1. The van der Waals surface area contributed by atoms with E-state index in [4.69, 9.17) is 15.2 Å². The van der Waals surface area contributed by atoms with E-state index in [1.54, 1.807) is 7.11 Å². The molecule has 0 aromatic heterocycles. The number of hydrogen-bond donors (Lipinski definition) is 1. The Morgan fingerprint density at radius 2 is 2.05 bits per heavy atom. The van der Waals surface area contributed by atoms with Crippen LogP contribution in [0.25, 0.3) is 0 Å². The summed E-state index contributed by atoms with van der Waals surface area (Å²) in [5, 5.41) is 0. The van der Waals surface area contributed by atoms with Crippen LogP contribution in [0.5, 0.6) is 5.75 Å². The van der Waals surface area contributed by atoms with Crippen molar-refractivity contribution in [2.45, 2.75) is 38.0 Å². The van der Waals surface area contributed by atoms with E-state index >= 15 is 0 Å². The van der Waals surface area contributed by atoms with Gasteiger partial charge in [0.1, 0.15) is 5.75 Å². The lowest BCUT2D eigenvalue weighted by molar-refractivity contribution is 0.0411. The van der Waals surface area contributed by atoms with Crippen molar-refractivity contribution in [1.82, 2.24) is 0 Å². The third kappa shape index (κ3) is 3.19. The van der Waals surface area contributed by atoms with Crippen LogP contribution in [-0.4, -0.2) is 39.0 Å². The summed E-state index contributed by atoms with van der Waals surface area (Å²) >= 11 is 0. The largest absolute Gasteiger partial charge is 0.497 e. The Bertz CT molecular complexity index is 394. The van der Waals surface area contributed by atoms with Crippen LogP contribution in [0.3, 0.4) is 0 Å². The van der Waals surface area contributed by atoms with Crippen molar-refractivity contribution in [1.29, 1.82) is 0 Å². The van der Waals surface area contributed by atoms with Gasteiger partial charge in [-0.3, -0.25) is 0 Å². The third-order valence-electron chi connectivity index (χ3n) is 3.91. The van der Waals surface area contributed by atoms with Crippen LogP contribution < -0.4 is 15.4 Å². The molecule has 1 aliphatic heterocycles. The Morgan fingerprint density at radius 1 is 1.37 bits per heavy atom. The molecule has 3 unspecified atom stereocenters. The third-order valence-corrected chi connectivity index (χ3v) is 3.91. The molecular weight excluding hydrogens is 240 g/mol. The van der Waals surface area contributed by atoms with E-state index in [0.29, 0.717) is 12.6 Å². The molecule has 106 valence electrons. The maximum Gasteiger partial charge on any atom is 0.119 e. The average molecular weight is 264 g/mol. The second-order valence-electron chi connectivity index (χ2n) is 5.17. The molecule has 3 atom stereocenters. The molecule has 4 nitrogen and oxygen atoms in total. The molecule has 0 saturated carbocycles. The van der Waals surface area contributed by atoms with Crippen LogP contribution in [0, 0.1) is 0 Å². The molecule has 1 aromatic carbocycles. The van der Waals surface area contributed by atoms with Gasteiger partial charge in [-0.2, -0.15) is 0 Å². The van der Waals surface area contributed by atoms with Gasteiger partial charge < -0.3 is 20.1 Å². The van der Waals surface area contributed by atoms with Gasteiger partial charge >= 0.3 is 0 Å². The van der Waals surface area contributed by atoms with E-state index in [-0.39, 0.29) is 12.1 Å². The first-order valence-corrected chi connectivity index (χ1v) is 6.88. The summed E-state index contributed by atoms with van der Waals surface area (Å²) in [4.78, 5) is 2.21. The molecule has 19 heavy (non-hydrogen) atoms. The molecule has 0 amide bonds. The molecule has 1 fully saturated rings. The molecule has 1 aliphatic rings. The van der Waals surface area contributed by atoms with Crippen LogP contribution in [0.15, 0.2) is 24.3 Å². The number of likely N-dealkylation sites (N-methyl/N-ethyl adjacent to an activating group) is 1. The van der Waals surface area contributed by atoms with Gasteiger partial charge in [0.25, 0.3) is 0 Å². The Labute approximate surface area is 115 Å². The van der Waals surface area contributed by atoms with Gasteiger partial charge in [-0.25, -0.2) is 0 Å². The summed E-state index contributed by atoms with van der Waals surface area (Å²) in [6.07, 6.45) is 2.79. The van der Waals surface area contributed by atoms with Crippen molar-refractivity contribution in [3.63, 3.8) is 0 Å². The Balaban J connectivity index is 2.08. The first kappa shape index (κ1) is 14.2. The fourth-order valence-corrected chi connectivity index (χ4v) is 2.68. The lowest BCUT2D eigenvalue weighted by atomic mass is 10.1. The second-order valence-corrected chi connectivity index (χ2v) is 5.17. The Morgan fingerprint density at radius 3 is 2.53 bits per heavy atom. The lowest BCUT2D eigenvalue weighted by Gasteiger charge is -2.33. The van der Waals surface area contributed by atoms with Crippen molar-refractivity contribution < 1.29 is 9.47 Å². The molecule has 0 bridgehead atoms. The van der Waals surface area contributed by atoms with Crippen LogP contribution >= 0.6 is 0 Å². The van der Waals surface area contributed by atoms with E-state index in [9.17, 15) is 0 Å². The summed E-state index contributed by atoms with van der Waals surface area (Å²) < 4.78 is 11.1. The minimum atomic E-state index is 0.221. The van der Waals surface area contributed by atoms with Crippen LogP contribution in [0.1, 0.15) is 19.8 Å². The number of ether oxygens (including phenoxy) is 2. The first-order valence-electron chi connectivity index (χ1n) is 6.88. The molecule has 1 aromatic rings. The van der Waals surface area contributed by atoms with Crippen molar-refractivity contribution in [2.24, 2.45) is 5.73 Å². The summed E-state index contributed by atoms with van der Waals surface area (Å²) in [6, 6.07) is 8.27. The zero-order valence-corrected chi connectivity index (χ0v) is 12.0. The molecule has 0 radical (unpaired) electrons. The number of methoxy groups -OCH3 is 1. The Hall–Kier alpha value is -1.26. The maximum atomic E-state index is 5.96. The summed E-state index contributed by atoms with van der Waals surface area (Å²) in [6.45, 7) is 2.72. The zero-order valence-electron chi connectivity index (χ0n) is 12.0. The predicted octanol–water partition coefficient (Wildman–Crippen LogP) is 2.03. The van der Waals surface area contributed by atoms with Crippen molar-refractivity contribution in [3.8, 4) is 5.75 Å². The highest BCUT2D eigenvalue weighted by Gasteiger charge is 2.31. The molecule has 2 N–H and O–H groups in total. The smallest absolute Gasteiger partial charge is 0.119 e. The van der Waals surface area contributed by atoms with Gasteiger partial charge in [0.05, 0.1) is 25.4 Å². The van der Waals surface area contributed by atoms with Gasteiger partial charge in [0, 0.05) is 19.3 Å². The minimum absolute atomic E-state index is 0.221. The monoisotopic (exact) mass is 264 g/mol. The number of nitrogens with zero attached hydrogens (tertiary/aromatic N) is 1. The standard InChI is InChI=1S/C15H24N2O2/c1-11-4-9-15(19-11)14(10-16)17(2)12-5-7-13(18-3)8-6-12/h5-8,11,14-15H,4,9-10,16H2,1-3H3. The van der Waals surface area contributed by atoms with E-state index < -0.39 is 0 Å². The van der Waals surface area contributed by atoms with Crippen molar-refractivity contribution in [3.05, 3.63) is 24.3 Å². The van der Waals surface area contributed by atoms with E-state index in [2.05, 4.69) is 31.0 Å². The highest BCUT2D eigenvalue weighted by molar-refractivity contribution is 5.49. The normalized spacial score (nSPS) is 24.2. The van der Waals surface area contributed by atoms with Gasteiger partial charge in [-0.05, 0) is 44.0 Å². The Kier molecular flexibility index (Phi) is 4.66. The van der Waals surface area contributed by atoms with Crippen LogP contribution in [-0.2, 0) is 4.74 Å². The first-order chi connectivity index (χ1) is 9.15. The topological polar surface area (TPSA) is 47.7 Å². The SMILES string of the molecule is COc1ccc(N(C)C(CN)C2CCC(C)O2)cc1. The second kappa shape index (κ2) is 6.26. The van der Waals surface area contributed by atoms with Gasteiger partial charge in [-0.1, -0.05) is 0 Å². The van der Waals surface area contributed by atoms with Crippen molar-refractivity contribution >= 4 is 5.69 Å². The van der Waals surface area contributed by atoms with Gasteiger partial charge in [0.15, 0.2) is 0 Å². The highest BCUT2D eigenvalue weighted by Crippen LogP contribution is 2.27. The zero-order chi connectivity index (χ0) is 13.8. The maximum absolute atomic E-state index is 5.96. The minimum Gasteiger partial charge on any atom is -0.497 e. The number of hydrogen-bond acceptors (Lipinski definition) is 4. The lowest BCUT2D eigenvalue weighted by Crippen LogP contribution is -2.46. The highest BCUT2D eigenvalue weighted by atomic mass is 16.5. The van der Waals surface area contributed by atoms with Crippen molar-refractivity contribution in [2.75, 3.05) is 25.6 Å². The molecule has 0 aliphatic carbocycles. The summed E-state index contributed by atoms with van der Waals surface area (Å²) in [7, 11) is 3.75. The van der Waals surface area contributed by atoms with Gasteiger partial charge in [-0.15, -0.1) is 0 Å². The predicted molar refractivity (Wildman–Crippen MR) is 77.8 cm³/mol. The van der Waals surface area contributed by atoms with E-state index in [0.717, 1.165) is 24.3 Å². The fourth-order valence-electron chi connectivity index (χ4n) is 2.68. The molecule has 1 saturated heterocycles. The molecular formula is C15H24N2O2. The average Bonchev–Trinajstić information content (AvgIpc) is 2.86. The van der Waals surface area contributed by atoms with Gasteiger partial charge in [0.2, 0.25) is 0 Å². The number of benzene rings is 1. The molecule has 2 rings (SSSR count). The number of nitrogens with two attached hydrogens (primary N) is 1. The molecule has 1 heterocycles. The number of rotatable bonds is 5. The van der Waals surface area contributed by atoms with E-state index in [1.807, 2.05) is 12.1 Å². The fraction of sp³-hybridized carbons (Fsp3) is 0.600. The summed E-state index contributed by atoms with van der Waals surface area (Å²) in [5.41, 5.74) is 7.08.